The van der Waals surface area contributed by atoms with Crippen molar-refractivity contribution < 1.29 is 0 Å². The second-order valence-electron chi connectivity index (χ2n) is 5.01. The molecule has 0 unspecified atom stereocenters. The van der Waals surface area contributed by atoms with Crippen LogP contribution in [0.15, 0.2) is 24.9 Å². The summed E-state index contributed by atoms with van der Waals surface area (Å²) in [6, 6.07) is 4.09. The highest BCUT2D eigenvalue weighted by atomic mass is 15.2. The highest BCUT2D eigenvalue weighted by Crippen LogP contribution is 2.26. The molecule has 1 aromatic heterocycles. The fourth-order valence-electron chi connectivity index (χ4n) is 1.69. The zero-order valence-electron chi connectivity index (χ0n) is 11.0. The SMILES string of the molecule is C=CCN(c1nccc(C)c1C#N)C(C)(C)C. The summed E-state index contributed by atoms with van der Waals surface area (Å²) in [5.41, 5.74) is 1.50. The molecule has 0 aliphatic carbocycles. The molecule has 17 heavy (non-hydrogen) atoms. The van der Waals surface area contributed by atoms with Gasteiger partial charge in [-0.15, -0.1) is 6.58 Å². The molecular formula is C14H19N3. The van der Waals surface area contributed by atoms with Gasteiger partial charge in [-0.25, -0.2) is 4.98 Å². The second-order valence-corrected chi connectivity index (χ2v) is 5.01. The van der Waals surface area contributed by atoms with Crippen LogP contribution in [0.4, 0.5) is 5.82 Å². The first kappa shape index (κ1) is 13.2. The molecule has 0 bridgehead atoms. The Morgan fingerprint density at radius 1 is 1.53 bits per heavy atom. The molecule has 0 aliphatic heterocycles. The molecule has 0 aromatic carbocycles. The number of anilines is 1. The first-order valence-corrected chi connectivity index (χ1v) is 5.66. The van der Waals surface area contributed by atoms with Gasteiger partial charge in [0.25, 0.3) is 0 Å². The minimum atomic E-state index is -0.0966. The number of pyridine rings is 1. The number of rotatable bonds is 3. The molecule has 3 nitrogen and oxygen atoms in total. The van der Waals surface area contributed by atoms with Crippen molar-refractivity contribution in [3.05, 3.63) is 36.0 Å². The Hall–Kier alpha value is -1.82. The predicted molar refractivity (Wildman–Crippen MR) is 71.0 cm³/mol. The molecule has 1 heterocycles. The molecule has 0 atom stereocenters. The van der Waals surface area contributed by atoms with E-state index in [9.17, 15) is 5.26 Å². The largest absolute Gasteiger partial charge is 0.347 e. The van der Waals surface area contributed by atoms with Crippen molar-refractivity contribution in [1.82, 2.24) is 4.98 Å². The molecule has 0 saturated heterocycles. The van der Waals surface area contributed by atoms with Gasteiger partial charge in [-0.2, -0.15) is 5.26 Å². The van der Waals surface area contributed by atoms with Gasteiger partial charge in [0.1, 0.15) is 11.9 Å². The van der Waals surface area contributed by atoms with Gasteiger partial charge in [0.15, 0.2) is 0 Å². The molecule has 1 rings (SSSR count). The van der Waals surface area contributed by atoms with Crippen molar-refractivity contribution in [3.63, 3.8) is 0 Å². The number of hydrogen-bond donors (Lipinski definition) is 0. The Balaban J connectivity index is 3.34. The fraction of sp³-hybridized carbons (Fsp3) is 0.429. The molecule has 0 spiro atoms. The standard InChI is InChI=1S/C14H19N3/c1-6-9-17(14(3,4)5)13-12(10-15)11(2)7-8-16-13/h6-8H,1,9H2,2-5H3. The number of aromatic nitrogens is 1. The Morgan fingerprint density at radius 3 is 2.65 bits per heavy atom. The monoisotopic (exact) mass is 229 g/mol. The van der Waals surface area contributed by atoms with E-state index in [1.165, 1.54) is 0 Å². The van der Waals surface area contributed by atoms with Crippen molar-refractivity contribution in [2.24, 2.45) is 0 Å². The molecule has 0 N–H and O–H groups in total. The minimum absolute atomic E-state index is 0.0966. The van der Waals surface area contributed by atoms with Gasteiger partial charge < -0.3 is 4.90 Å². The maximum absolute atomic E-state index is 9.24. The minimum Gasteiger partial charge on any atom is -0.347 e. The number of hydrogen-bond acceptors (Lipinski definition) is 3. The molecule has 90 valence electrons. The van der Waals surface area contributed by atoms with Gasteiger partial charge in [-0.05, 0) is 39.3 Å². The molecular weight excluding hydrogens is 210 g/mol. The zero-order chi connectivity index (χ0) is 13.1. The highest BCUT2D eigenvalue weighted by molar-refractivity contribution is 5.58. The van der Waals surface area contributed by atoms with E-state index in [-0.39, 0.29) is 5.54 Å². The van der Waals surface area contributed by atoms with E-state index in [2.05, 4.69) is 43.3 Å². The van der Waals surface area contributed by atoms with Crippen LogP contribution in [0.1, 0.15) is 31.9 Å². The van der Waals surface area contributed by atoms with Gasteiger partial charge in [-0.3, -0.25) is 0 Å². The average Bonchev–Trinajstić information content (AvgIpc) is 2.24. The Morgan fingerprint density at radius 2 is 2.18 bits per heavy atom. The molecule has 3 heteroatoms. The zero-order valence-corrected chi connectivity index (χ0v) is 11.0. The molecule has 1 aromatic rings. The van der Waals surface area contributed by atoms with Crippen LogP contribution in [0.2, 0.25) is 0 Å². The third-order valence-electron chi connectivity index (χ3n) is 2.63. The number of nitriles is 1. The van der Waals surface area contributed by atoms with Gasteiger partial charge in [0.05, 0.1) is 5.56 Å². The molecule has 0 saturated carbocycles. The van der Waals surface area contributed by atoms with Crippen LogP contribution in [0.5, 0.6) is 0 Å². The van der Waals surface area contributed by atoms with E-state index in [1.807, 2.05) is 19.1 Å². The van der Waals surface area contributed by atoms with Crippen molar-refractivity contribution in [2.75, 3.05) is 11.4 Å². The first-order valence-electron chi connectivity index (χ1n) is 5.66. The van der Waals surface area contributed by atoms with Crippen LogP contribution < -0.4 is 4.90 Å². The topological polar surface area (TPSA) is 39.9 Å². The Labute approximate surface area is 103 Å². The lowest BCUT2D eigenvalue weighted by Gasteiger charge is -2.36. The first-order chi connectivity index (χ1) is 7.91. The van der Waals surface area contributed by atoms with Crippen LogP contribution in [-0.4, -0.2) is 17.1 Å². The highest BCUT2D eigenvalue weighted by Gasteiger charge is 2.24. The maximum atomic E-state index is 9.24. The van der Waals surface area contributed by atoms with E-state index in [1.54, 1.807) is 6.20 Å². The van der Waals surface area contributed by atoms with Crippen molar-refractivity contribution in [2.45, 2.75) is 33.2 Å². The normalized spacial score (nSPS) is 10.8. The van der Waals surface area contributed by atoms with E-state index < -0.39 is 0 Å². The summed E-state index contributed by atoms with van der Waals surface area (Å²) in [7, 11) is 0. The average molecular weight is 229 g/mol. The van der Waals surface area contributed by atoms with Crippen LogP contribution >= 0.6 is 0 Å². The number of nitrogens with zero attached hydrogens (tertiary/aromatic N) is 3. The summed E-state index contributed by atoms with van der Waals surface area (Å²) in [6.07, 6.45) is 3.57. The van der Waals surface area contributed by atoms with Gasteiger partial charge >= 0.3 is 0 Å². The van der Waals surface area contributed by atoms with Crippen molar-refractivity contribution in [1.29, 1.82) is 5.26 Å². The maximum Gasteiger partial charge on any atom is 0.147 e. The Kier molecular flexibility index (Phi) is 3.90. The summed E-state index contributed by atoms with van der Waals surface area (Å²) in [5.74, 6) is 0.736. The van der Waals surface area contributed by atoms with Crippen molar-refractivity contribution >= 4 is 5.82 Å². The lowest BCUT2D eigenvalue weighted by Crippen LogP contribution is -2.42. The van der Waals surface area contributed by atoms with Crippen LogP contribution in [-0.2, 0) is 0 Å². The lowest BCUT2D eigenvalue weighted by atomic mass is 10.0. The summed E-state index contributed by atoms with van der Waals surface area (Å²) >= 11 is 0. The van der Waals surface area contributed by atoms with Gasteiger partial charge in [-0.1, -0.05) is 6.08 Å². The molecule has 0 fully saturated rings. The van der Waals surface area contributed by atoms with Gasteiger partial charge in [0, 0.05) is 18.3 Å². The summed E-state index contributed by atoms with van der Waals surface area (Å²) in [4.78, 5) is 6.44. The second kappa shape index (κ2) is 5.01. The summed E-state index contributed by atoms with van der Waals surface area (Å²) in [5, 5.41) is 9.24. The quantitative estimate of drug-likeness (QED) is 0.748. The molecule has 0 aliphatic rings. The third-order valence-corrected chi connectivity index (χ3v) is 2.63. The third kappa shape index (κ3) is 2.85. The van der Waals surface area contributed by atoms with Crippen LogP contribution in [0.3, 0.4) is 0 Å². The Bertz CT molecular complexity index is 450. The van der Waals surface area contributed by atoms with E-state index in [0.717, 1.165) is 11.4 Å². The number of aryl methyl sites for hydroxylation is 1. The predicted octanol–water partition coefficient (Wildman–Crippen LogP) is 3.05. The van der Waals surface area contributed by atoms with E-state index in [0.29, 0.717) is 12.1 Å². The van der Waals surface area contributed by atoms with E-state index in [4.69, 9.17) is 0 Å². The van der Waals surface area contributed by atoms with Crippen LogP contribution in [0.25, 0.3) is 0 Å². The van der Waals surface area contributed by atoms with E-state index >= 15 is 0 Å². The molecule has 0 amide bonds. The summed E-state index contributed by atoms with van der Waals surface area (Å²) < 4.78 is 0. The fourth-order valence-corrected chi connectivity index (χ4v) is 1.69. The van der Waals surface area contributed by atoms with Gasteiger partial charge in [0.2, 0.25) is 0 Å². The smallest absolute Gasteiger partial charge is 0.147 e. The molecule has 0 radical (unpaired) electrons. The van der Waals surface area contributed by atoms with Crippen molar-refractivity contribution in [3.8, 4) is 6.07 Å². The summed E-state index contributed by atoms with van der Waals surface area (Å²) in [6.45, 7) is 12.7. The lowest BCUT2D eigenvalue weighted by molar-refractivity contribution is 0.517. The van der Waals surface area contributed by atoms with Crippen LogP contribution in [0, 0.1) is 18.3 Å².